The number of hydrogen-bond donors (Lipinski definition) is 1. The SMILES string of the molecule is Cc1ccc(OCC(=O)Nc2cccc(OCC(C)C)c2)cc1C. The Hall–Kier alpha value is -2.49. The molecule has 2 aromatic carbocycles. The van der Waals surface area contributed by atoms with E-state index in [1.807, 2.05) is 56.3 Å². The molecule has 0 unspecified atom stereocenters. The Kier molecular flexibility index (Phi) is 6.24. The standard InChI is InChI=1S/C20H25NO3/c1-14(2)12-23-18-7-5-6-17(11-18)21-20(22)13-24-19-9-8-15(3)16(4)10-19/h5-11,14H,12-13H2,1-4H3,(H,21,22). The van der Waals surface area contributed by atoms with Crippen LogP contribution in [0, 0.1) is 19.8 Å². The topological polar surface area (TPSA) is 47.6 Å². The summed E-state index contributed by atoms with van der Waals surface area (Å²) in [4.78, 5) is 12.0. The molecule has 1 N–H and O–H groups in total. The maximum Gasteiger partial charge on any atom is 0.262 e. The molecule has 0 spiro atoms. The van der Waals surface area contributed by atoms with E-state index in [0.717, 1.165) is 11.3 Å². The Morgan fingerprint density at radius 3 is 2.46 bits per heavy atom. The molecule has 0 fully saturated rings. The molecule has 0 radical (unpaired) electrons. The molecule has 24 heavy (non-hydrogen) atoms. The highest BCUT2D eigenvalue weighted by Crippen LogP contribution is 2.19. The van der Waals surface area contributed by atoms with Gasteiger partial charge in [0, 0.05) is 11.8 Å². The molecule has 4 heteroatoms. The highest BCUT2D eigenvalue weighted by Gasteiger charge is 2.06. The molecule has 0 aliphatic rings. The Morgan fingerprint density at radius 2 is 1.75 bits per heavy atom. The lowest BCUT2D eigenvalue weighted by atomic mass is 10.1. The third-order valence-electron chi connectivity index (χ3n) is 3.55. The predicted molar refractivity (Wildman–Crippen MR) is 96.8 cm³/mol. The number of ether oxygens (including phenoxy) is 2. The van der Waals surface area contributed by atoms with E-state index in [-0.39, 0.29) is 12.5 Å². The van der Waals surface area contributed by atoms with E-state index < -0.39 is 0 Å². The molecule has 0 heterocycles. The van der Waals surface area contributed by atoms with Crippen LogP contribution in [0.25, 0.3) is 0 Å². The van der Waals surface area contributed by atoms with Gasteiger partial charge in [0.2, 0.25) is 0 Å². The van der Waals surface area contributed by atoms with Gasteiger partial charge >= 0.3 is 0 Å². The Bertz CT molecular complexity index is 695. The van der Waals surface area contributed by atoms with Crippen molar-refractivity contribution in [1.29, 1.82) is 0 Å². The average Bonchev–Trinajstić information content (AvgIpc) is 2.54. The summed E-state index contributed by atoms with van der Waals surface area (Å²) in [5, 5.41) is 2.82. The average molecular weight is 327 g/mol. The van der Waals surface area contributed by atoms with E-state index in [2.05, 4.69) is 19.2 Å². The molecule has 128 valence electrons. The van der Waals surface area contributed by atoms with Crippen molar-refractivity contribution in [3.05, 3.63) is 53.6 Å². The summed E-state index contributed by atoms with van der Waals surface area (Å²) in [5.74, 6) is 1.70. The molecule has 0 saturated carbocycles. The van der Waals surface area contributed by atoms with E-state index in [1.165, 1.54) is 5.56 Å². The number of carbonyl (C=O) groups is 1. The zero-order valence-electron chi connectivity index (χ0n) is 14.8. The van der Waals surface area contributed by atoms with Crippen LogP contribution >= 0.6 is 0 Å². The monoisotopic (exact) mass is 327 g/mol. The first-order valence-electron chi connectivity index (χ1n) is 8.17. The molecular formula is C20H25NO3. The van der Waals surface area contributed by atoms with Crippen LogP contribution in [-0.4, -0.2) is 19.1 Å². The highest BCUT2D eigenvalue weighted by atomic mass is 16.5. The van der Waals surface area contributed by atoms with Gasteiger partial charge in [-0.2, -0.15) is 0 Å². The van der Waals surface area contributed by atoms with Gasteiger partial charge in [0.25, 0.3) is 5.91 Å². The fraction of sp³-hybridized carbons (Fsp3) is 0.350. The van der Waals surface area contributed by atoms with Crippen molar-refractivity contribution in [3.63, 3.8) is 0 Å². The molecule has 0 aliphatic carbocycles. The third-order valence-corrected chi connectivity index (χ3v) is 3.55. The number of anilines is 1. The van der Waals surface area contributed by atoms with Crippen LogP contribution < -0.4 is 14.8 Å². The van der Waals surface area contributed by atoms with Crippen LogP contribution in [0.3, 0.4) is 0 Å². The van der Waals surface area contributed by atoms with Crippen molar-refractivity contribution in [3.8, 4) is 11.5 Å². The van der Waals surface area contributed by atoms with Gasteiger partial charge in [-0.1, -0.05) is 26.0 Å². The smallest absolute Gasteiger partial charge is 0.262 e. The van der Waals surface area contributed by atoms with E-state index in [1.54, 1.807) is 0 Å². The quantitative estimate of drug-likeness (QED) is 0.822. The van der Waals surface area contributed by atoms with Gasteiger partial charge in [-0.15, -0.1) is 0 Å². The first-order chi connectivity index (χ1) is 11.4. The van der Waals surface area contributed by atoms with Crippen molar-refractivity contribution >= 4 is 11.6 Å². The molecular weight excluding hydrogens is 302 g/mol. The molecule has 1 amide bonds. The fourth-order valence-corrected chi connectivity index (χ4v) is 2.08. The second-order valence-electron chi connectivity index (χ2n) is 6.32. The van der Waals surface area contributed by atoms with E-state index >= 15 is 0 Å². The van der Waals surface area contributed by atoms with Crippen LogP contribution in [0.1, 0.15) is 25.0 Å². The lowest BCUT2D eigenvalue weighted by molar-refractivity contribution is -0.118. The highest BCUT2D eigenvalue weighted by molar-refractivity contribution is 5.92. The third kappa shape index (κ3) is 5.61. The maximum absolute atomic E-state index is 12.0. The van der Waals surface area contributed by atoms with Gasteiger partial charge in [0.05, 0.1) is 6.61 Å². The van der Waals surface area contributed by atoms with Crippen LogP contribution in [0.15, 0.2) is 42.5 Å². The van der Waals surface area contributed by atoms with Gasteiger partial charge in [-0.25, -0.2) is 0 Å². The van der Waals surface area contributed by atoms with Gasteiger partial charge in [0.15, 0.2) is 6.61 Å². The van der Waals surface area contributed by atoms with Crippen molar-refractivity contribution in [1.82, 2.24) is 0 Å². The minimum absolute atomic E-state index is 0.0282. The summed E-state index contributed by atoms with van der Waals surface area (Å²) in [6, 6.07) is 13.2. The van der Waals surface area contributed by atoms with Gasteiger partial charge in [-0.3, -0.25) is 4.79 Å². The number of amides is 1. The molecule has 2 aromatic rings. The lowest BCUT2D eigenvalue weighted by Crippen LogP contribution is -2.20. The van der Waals surface area contributed by atoms with Crippen LogP contribution in [-0.2, 0) is 4.79 Å². The zero-order valence-corrected chi connectivity index (χ0v) is 14.8. The normalized spacial score (nSPS) is 10.5. The summed E-state index contributed by atoms with van der Waals surface area (Å²) in [6.45, 7) is 8.86. The van der Waals surface area contributed by atoms with Crippen LogP contribution in [0.2, 0.25) is 0 Å². The molecule has 4 nitrogen and oxygen atoms in total. The molecule has 0 aromatic heterocycles. The first kappa shape index (κ1) is 17.9. The van der Waals surface area contributed by atoms with Crippen molar-refractivity contribution in [2.75, 3.05) is 18.5 Å². The van der Waals surface area contributed by atoms with Gasteiger partial charge in [0.1, 0.15) is 11.5 Å². The molecule has 0 aliphatic heterocycles. The van der Waals surface area contributed by atoms with Gasteiger partial charge < -0.3 is 14.8 Å². The summed E-state index contributed by atoms with van der Waals surface area (Å²) in [5.41, 5.74) is 3.04. The molecule has 0 bridgehead atoms. The van der Waals surface area contributed by atoms with Crippen molar-refractivity contribution < 1.29 is 14.3 Å². The number of nitrogens with one attached hydrogen (secondary N) is 1. The lowest BCUT2D eigenvalue weighted by Gasteiger charge is -2.11. The first-order valence-corrected chi connectivity index (χ1v) is 8.17. The maximum atomic E-state index is 12.0. The summed E-state index contributed by atoms with van der Waals surface area (Å²) >= 11 is 0. The molecule has 0 atom stereocenters. The van der Waals surface area contributed by atoms with Crippen molar-refractivity contribution in [2.24, 2.45) is 5.92 Å². The summed E-state index contributed by atoms with van der Waals surface area (Å²) in [7, 11) is 0. The van der Waals surface area contributed by atoms with Crippen molar-refractivity contribution in [2.45, 2.75) is 27.7 Å². The largest absolute Gasteiger partial charge is 0.493 e. The minimum Gasteiger partial charge on any atom is -0.493 e. The second-order valence-corrected chi connectivity index (χ2v) is 6.32. The number of carbonyl (C=O) groups excluding carboxylic acids is 1. The summed E-state index contributed by atoms with van der Waals surface area (Å²) < 4.78 is 11.2. The number of hydrogen-bond acceptors (Lipinski definition) is 3. The van der Waals surface area contributed by atoms with Gasteiger partial charge in [-0.05, 0) is 55.2 Å². The van der Waals surface area contributed by atoms with E-state index in [4.69, 9.17) is 9.47 Å². The fourth-order valence-electron chi connectivity index (χ4n) is 2.08. The number of rotatable bonds is 7. The molecule has 2 rings (SSSR count). The van der Waals surface area contributed by atoms with E-state index in [0.29, 0.717) is 24.0 Å². The zero-order chi connectivity index (χ0) is 17.5. The van der Waals surface area contributed by atoms with Crippen LogP contribution in [0.4, 0.5) is 5.69 Å². The number of aryl methyl sites for hydroxylation is 2. The Morgan fingerprint density at radius 1 is 1.00 bits per heavy atom. The Labute approximate surface area is 143 Å². The number of benzene rings is 2. The Balaban J connectivity index is 1.87. The van der Waals surface area contributed by atoms with Crippen LogP contribution in [0.5, 0.6) is 11.5 Å². The van der Waals surface area contributed by atoms with E-state index in [9.17, 15) is 4.79 Å². The second kappa shape index (κ2) is 8.39. The minimum atomic E-state index is -0.200. The molecule has 0 saturated heterocycles. The summed E-state index contributed by atoms with van der Waals surface area (Å²) in [6.07, 6.45) is 0. The predicted octanol–water partition coefficient (Wildman–Crippen LogP) is 4.36.